The van der Waals surface area contributed by atoms with Crippen molar-refractivity contribution in [3.05, 3.63) is 96.2 Å². The average molecular weight is 371 g/mol. The molecule has 0 saturated carbocycles. The summed E-state index contributed by atoms with van der Waals surface area (Å²) in [5.41, 5.74) is 2.91. The van der Waals surface area contributed by atoms with Crippen molar-refractivity contribution in [1.82, 2.24) is 19.9 Å². The Kier molecular flexibility index (Phi) is 3.90. The van der Waals surface area contributed by atoms with E-state index in [2.05, 4.69) is 15.5 Å². The van der Waals surface area contributed by atoms with Gasteiger partial charge in [0.15, 0.2) is 0 Å². The molecule has 0 spiro atoms. The fourth-order valence-corrected chi connectivity index (χ4v) is 3.35. The van der Waals surface area contributed by atoms with Crippen molar-refractivity contribution in [1.29, 1.82) is 0 Å². The van der Waals surface area contributed by atoms with Crippen molar-refractivity contribution < 1.29 is 9.21 Å². The van der Waals surface area contributed by atoms with E-state index in [1.54, 1.807) is 22.2 Å². The highest BCUT2D eigenvalue weighted by molar-refractivity contribution is 6.01. The molecule has 1 amide bonds. The van der Waals surface area contributed by atoms with Gasteiger partial charge in [-0.2, -0.15) is 9.90 Å². The van der Waals surface area contributed by atoms with Gasteiger partial charge in [-0.05, 0) is 36.4 Å². The van der Waals surface area contributed by atoms with Crippen LogP contribution < -0.4 is 5.32 Å². The number of carbonyl (C=O) groups excluding carboxylic acids is 1. The molecule has 0 saturated heterocycles. The normalized spacial score (nSPS) is 15.9. The smallest absolute Gasteiger partial charge is 0.258 e. The second-order valence-corrected chi connectivity index (χ2v) is 6.50. The minimum absolute atomic E-state index is 0.0787. The first-order valence-corrected chi connectivity index (χ1v) is 8.96. The van der Waals surface area contributed by atoms with Crippen LogP contribution in [0.1, 0.15) is 28.0 Å². The second-order valence-electron chi connectivity index (χ2n) is 6.50. The molecule has 1 N–H and O–H groups in total. The van der Waals surface area contributed by atoms with Gasteiger partial charge in [0.1, 0.15) is 17.6 Å². The van der Waals surface area contributed by atoms with Crippen molar-refractivity contribution in [3.63, 3.8) is 0 Å². The van der Waals surface area contributed by atoms with Crippen molar-refractivity contribution in [2.45, 2.75) is 12.7 Å². The zero-order chi connectivity index (χ0) is 18.9. The molecule has 0 radical (unpaired) electrons. The van der Waals surface area contributed by atoms with Crippen molar-refractivity contribution in [3.8, 4) is 5.69 Å². The fourth-order valence-electron chi connectivity index (χ4n) is 3.35. The monoisotopic (exact) mass is 371 g/mol. The van der Waals surface area contributed by atoms with E-state index in [0.717, 1.165) is 11.4 Å². The summed E-state index contributed by atoms with van der Waals surface area (Å²) in [5.74, 6) is 0.625. The molecule has 1 unspecified atom stereocenters. The quantitative estimate of drug-likeness (QED) is 0.593. The number of hydrogen-bond acceptors (Lipinski definition) is 5. The lowest BCUT2D eigenvalue weighted by Gasteiger charge is -2.36. The zero-order valence-electron chi connectivity index (χ0n) is 14.9. The summed E-state index contributed by atoms with van der Waals surface area (Å²) in [5, 5.41) is 12.4. The third-order valence-corrected chi connectivity index (χ3v) is 4.71. The molecule has 1 aliphatic rings. The Morgan fingerprint density at radius 3 is 2.64 bits per heavy atom. The first-order chi connectivity index (χ1) is 13.8. The SMILES string of the molecule is O=C1c2ccccc2NC(c2cnn(-c3ccccc3)n2)N1Cc1ccco1. The van der Waals surface area contributed by atoms with E-state index in [-0.39, 0.29) is 5.91 Å². The summed E-state index contributed by atoms with van der Waals surface area (Å²) >= 11 is 0. The van der Waals surface area contributed by atoms with Crippen molar-refractivity contribution in [2.24, 2.45) is 0 Å². The van der Waals surface area contributed by atoms with Crippen LogP contribution in [-0.2, 0) is 6.54 Å². The van der Waals surface area contributed by atoms with Crippen LogP contribution in [-0.4, -0.2) is 25.8 Å². The van der Waals surface area contributed by atoms with E-state index in [9.17, 15) is 4.79 Å². The molecule has 7 heteroatoms. The number of hydrogen-bond donors (Lipinski definition) is 1. The Hall–Kier alpha value is -3.87. The molecule has 0 bridgehead atoms. The molecule has 2 aromatic heterocycles. The molecule has 0 fully saturated rings. The van der Waals surface area contributed by atoms with Gasteiger partial charge >= 0.3 is 0 Å². The standard InChI is InChI=1S/C21H17N5O2/c27-21-17-10-4-5-11-18(17)23-20(25(21)14-16-9-6-12-28-16)19-13-22-26(24-19)15-7-2-1-3-8-15/h1-13,20,23H,14H2. The Bertz CT molecular complexity index is 1100. The van der Waals surface area contributed by atoms with E-state index < -0.39 is 6.17 Å². The van der Waals surface area contributed by atoms with Crippen LogP contribution >= 0.6 is 0 Å². The Balaban J connectivity index is 1.54. The van der Waals surface area contributed by atoms with Gasteiger partial charge in [-0.15, -0.1) is 5.10 Å². The number of rotatable bonds is 4. The van der Waals surface area contributed by atoms with Crippen LogP contribution in [0.5, 0.6) is 0 Å². The summed E-state index contributed by atoms with van der Waals surface area (Å²) in [6.45, 7) is 0.329. The van der Waals surface area contributed by atoms with Crippen molar-refractivity contribution in [2.75, 3.05) is 5.32 Å². The summed E-state index contributed by atoms with van der Waals surface area (Å²) in [6.07, 6.45) is 2.83. The Morgan fingerprint density at radius 2 is 1.82 bits per heavy atom. The van der Waals surface area contributed by atoms with E-state index in [1.165, 1.54) is 0 Å². The van der Waals surface area contributed by atoms with E-state index in [4.69, 9.17) is 4.42 Å². The van der Waals surface area contributed by atoms with Crippen LogP contribution in [0.3, 0.4) is 0 Å². The molecule has 28 heavy (non-hydrogen) atoms. The number of amides is 1. The number of furan rings is 1. The molecular weight excluding hydrogens is 354 g/mol. The number of nitrogens with one attached hydrogen (secondary N) is 1. The van der Waals surface area contributed by atoms with Gasteiger partial charge in [-0.3, -0.25) is 4.79 Å². The first kappa shape index (κ1) is 16.3. The molecule has 4 aromatic rings. The second kappa shape index (κ2) is 6.70. The fraction of sp³-hybridized carbons (Fsp3) is 0.0952. The third kappa shape index (κ3) is 2.83. The van der Waals surface area contributed by atoms with Gasteiger partial charge in [-0.1, -0.05) is 30.3 Å². The van der Waals surface area contributed by atoms with Crippen LogP contribution in [0.4, 0.5) is 5.69 Å². The van der Waals surface area contributed by atoms with Gasteiger partial charge in [-0.25, -0.2) is 0 Å². The first-order valence-electron chi connectivity index (χ1n) is 8.96. The molecule has 5 rings (SSSR count). The van der Waals surface area contributed by atoms with Gasteiger partial charge in [0, 0.05) is 5.69 Å². The number of nitrogens with zero attached hydrogens (tertiary/aromatic N) is 4. The maximum absolute atomic E-state index is 13.2. The number of anilines is 1. The predicted molar refractivity (Wildman–Crippen MR) is 103 cm³/mol. The minimum Gasteiger partial charge on any atom is -0.467 e. The third-order valence-electron chi connectivity index (χ3n) is 4.71. The molecule has 0 aliphatic carbocycles. The maximum atomic E-state index is 13.2. The van der Waals surface area contributed by atoms with Crippen LogP contribution in [0.2, 0.25) is 0 Å². The van der Waals surface area contributed by atoms with Gasteiger partial charge in [0.05, 0.1) is 30.3 Å². The van der Waals surface area contributed by atoms with Gasteiger partial charge in [0.2, 0.25) is 0 Å². The minimum atomic E-state index is -0.454. The molecule has 1 atom stereocenters. The summed E-state index contributed by atoms with van der Waals surface area (Å²) < 4.78 is 5.47. The highest BCUT2D eigenvalue weighted by Gasteiger charge is 2.35. The average Bonchev–Trinajstić information content (AvgIpc) is 3.43. The van der Waals surface area contributed by atoms with Crippen LogP contribution in [0.25, 0.3) is 5.69 Å². The number of carbonyl (C=O) groups is 1. The summed E-state index contributed by atoms with van der Waals surface area (Å²) in [4.78, 5) is 16.5. The maximum Gasteiger partial charge on any atom is 0.258 e. The highest BCUT2D eigenvalue weighted by Crippen LogP contribution is 2.33. The molecule has 2 aromatic carbocycles. The van der Waals surface area contributed by atoms with Gasteiger partial charge < -0.3 is 14.6 Å². The molecule has 1 aliphatic heterocycles. The van der Waals surface area contributed by atoms with Crippen LogP contribution in [0, 0.1) is 0 Å². The molecular formula is C21H17N5O2. The van der Waals surface area contributed by atoms with Gasteiger partial charge in [0.25, 0.3) is 5.91 Å². The lowest BCUT2D eigenvalue weighted by molar-refractivity contribution is 0.0647. The molecule has 138 valence electrons. The Labute approximate surface area is 161 Å². The topological polar surface area (TPSA) is 76.2 Å². The van der Waals surface area contributed by atoms with Crippen molar-refractivity contribution >= 4 is 11.6 Å². The lowest BCUT2D eigenvalue weighted by Crippen LogP contribution is -2.42. The number of aromatic nitrogens is 3. The molecule has 3 heterocycles. The largest absolute Gasteiger partial charge is 0.467 e. The predicted octanol–water partition coefficient (Wildman–Crippen LogP) is 3.63. The number of fused-ring (bicyclic) bond motifs is 1. The number of benzene rings is 2. The van der Waals surface area contributed by atoms with E-state index >= 15 is 0 Å². The summed E-state index contributed by atoms with van der Waals surface area (Å²) in [7, 11) is 0. The highest BCUT2D eigenvalue weighted by atomic mass is 16.3. The molecule has 7 nitrogen and oxygen atoms in total. The number of para-hydroxylation sites is 2. The lowest BCUT2D eigenvalue weighted by atomic mass is 10.1. The van der Waals surface area contributed by atoms with E-state index in [0.29, 0.717) is 23.6 Å². The van der Waals surface area contributed by atoms with E-state index in [1.807, 2.05) is 66.7 Å². The van der Waals surface area contributed by atoms with Crippen LogP contribution in [0.15, 0.2) is 83.6 Å². The summed E-state index contributed by atoms with van der Waals surface area (Å²) in [6, 6.07) is 20.8. The Morgan fingerprint density at radius 1 is 1.00 bits per heavy atom. The zero-order valence-corrected chi connectivity index (χ0v) is 14.9.